The van der Waals surface area contributed by atoms with E-state index in [0.29, 0.717) is 5.65 Å². The number of imidazole rings is 1. The summed E-state index contributed by atoms with van der Waals surface area (Å²) in [6, 6.07) is 1.64. The van der Waals surface area contributed by atoms with Crippen molar-refractivity contribution in [3.05, 3.63) is 29.4 Å². The van der Waals surface area contributed by atoms with E-state index in [4.69, 9.17) is 22.4 Å². The summed E-state index contributed by atoms with van der Waals surface area (Å²) in [4.78, 5) is 19.0. The molecule has 0 fully saturated rings. The molecule has 0 bridgehead atoms. The van der Waals surface area contributed by atoms with E-state index in [9.17, 15) is 4.79 Å². The molecular weight excluding hydrogens is 232 g/mol. The number of carboxylic acid groups (broad SMARTS) is 1. The summed E-state index contributed by atoms with van der Waals surface area (Å²) in [5.74, 6) is -1.94. The number of rotatable bonds is 3. The Morgan fingerprint density at radius 2 is 2.44 bits per heavy atom. The second-order valence-electron chi connectivity index (χ2n) is 3.22. The van der Waals surface area contributed by atoms with E-state index in [1.54, 1.807) is 12.3 Å². The highest BCUT2D eigenvalue weighted by molar-refractivity contribution is 6.30. The van der Waals surface area contributed by atoms with Crippen molar-refractivity contribution < 1.29 is 9.90 Å². The monoisotopic (exact) mass is 240 g/mol. The van der Waals surface area contributed by atoms with Gasteiger partial charge in [0.2, 0.25) is 0 Å². The van der Waals surface area contributed by atoms with Crippen molar-refractivity contribution in [3.63, 3.8) is 0 Å². The SMILES string of the molecule is NCC(C(=O)O)c1nc2ccncn2c1Cl. The molecule has 0 spiro atoms. The Morgan fingerprint density at radius 1 is 1.69 bits per heavy atom. The van der Waals surface area contributed by atoms with Crippen LogP contribution in [0.25, 0.3) is 5.65 Å². The number of halogens is 1. The molecule has 0 radical (unpaired) electrons. The van der Waals surface area contributed by atoms with Crippen LogP contribution < -0.4 is 5.73 Å². The normalized spacial score (nSPS) is 12.9. The number of nitrogens with two attached hydrogens (primary N) is 1. The van der Waals surface area contributed by atoms with Gasteiger partial charge in [0.05, 0.1) is 5.69 Å². The van der Waals surface area contributed by atoms with Gasteiger partial charge in [-0.1, -0.05) is 11.6 Å². The van der Waals surface area contributed by atoms with E-state index in [1.807, 2.05) is 0 Å². The molecule has 7 heteroatoms. The molecule has 0 aliphatic carbocycles. The van der Waals surface area contributed by atoms with Crippen molar-refractivity contribution in [2.75, 3.05) is 6.54 Å². The first-order valence-electron chi connectivity index (χ1n) is 4.55. The third kappa shape index (κ3) is 1.62. The minimum Gasteiger partial charge on any atom is -0.481 e. The summed E-state index contributed by atoms with van der Waals surface area (Å²) in [6.07, 6.45) is 3.03. The van der Waals surface area contributed by atoms with E-state index < -0.39 is 11.9 Å². The Labute approximate surface area is 95.7 Å². The van der Waals surface area contributed by atoms with Crippen molar-refractivity contribution in [2.24, 2.45) is 5.73 Å². The number of nitrogens with zero attached hydrogens (tertiary/aromatic N) is 3. The average Bonchev–Trinajstić information content (AvgIpc) is 2.58. The lowest BCUT2D eigenvalue weighted by molar-refractivity contribution is -0.138. The zero-order valence-corrected chi connectivity index (χ0v) is 8.92. The summed E-state index contributed by atoms with van der Waals surface area (Å²) < 4.78 is 1.52. The van der Waals surface area contributed by atoms with E-state index in [0.717, 1.165) is 0 Å². The third-order valence-electron chi connectivity index (χ3n) is 2.26. The zero-order valence-electron chi connectivity index (χ0n) is 8.17. The maximum absolute atomic E-state index is 11.0. The fourth-order valence-corrected chi connectivity index (χ4v) is 1.74. The largest absolute Gasteiger partial charge is 0.481 e. The van der Waals surface area contributed by atoms with Crippen LogP contribution in [0.4, 0.5) is 0 Å². The average molecular weight is 241 g/mol. The number of fused-ring (bicyclic) bond motifs is 1. The molecule has 0 aliphatic rings. The molecule has 0 saturated heterocycles. The van der Waals surface area contributed by atoms with Crippen LogP contribution >= 0.6 is 11.6 Å². The van der Waals surface area contributed by atoms with Crippen molar-refractivity contribution in [3.8, 4) is 0 Å². The minimum atomic E-state index is -1.04. The molecule has 2 rings (SSSR count). The number of aliphatic carboxylic acids is 1. The Kier molecular flexibility index (Phi) is 2.76. The molecule has 0 aromatic carbocycles. The maximum atomic E-state index is 11.0. The predicted molar refractivity (Wildman–Crippen MR) is 57.4 cm³/mol. The van der Waals surface area contributed by atoms with Gasteiger partial charge in [0.1, 0.15) is 23.0 Å². The van der Waals surface area contributed by atoms with Crippen LogP contribution in [0, 0.1) is 0 Å². The molecular formula is C9H9ClN4O2. The molecule has 2 heterocycles. The smallest absolute Gasteiger partial charge is 0.314 e. The highest BCUT2D eigenvalue weighted by Crippen LogP contribution is 2.24. The number of carbonyl (C=O) groups is 1. The van der Waals surface area contributed by atoms with Crippen LogP contribution in [0.5, 0.6) is 0 Å². The Morgan fingerprint density at radius 3 is 3.00 bits per heavy atom. The molecule has 2 aromatic rings. The van der Waals surface area contributed by atoms with Crippen LogP contribution in [-0.4, -0.2) is 32.0 Å². The summed E-state index contributed by atoms with van der Waals surface area (Å²) in [7, 11) is 0. The van der Waals surface area contributed by atoms with Gasteiger partial charge in [-0.25, -0.2) is 9.97 Å². The standard InChI is InChI=1S/C9H9ClN4O2/c10-8-7(5(3-11)9(15)16)13-6-1-2-12-4-14(6)8/h1-2,4-5H,3,11H2,(H,15,16). The van der Waals surface area contributed by atoms with E-state index >= 15 is 0 Å². The second kappa shape index (κ2) is 4.07. The molecule has 84 valence electrons. The van der Waals surface area contributed by atoms with Crippen molar-refractivity contribution >= 4 is 23.2 Å². The van der Waals surface area contributed by atoms with E-state index in [2.05, 4.69) is 9.97 Å². The minimum absolute atomic E-state index is 0.0492. The first kappa shape index (κ1) is 10.8. The van der Waals surface area contributed by atoms with Crippen LogP contribution in [0.2, 0.25) is 5.15 Å². The van der Waals surface area contributed by atoms with Gasteiger partial charge in [0.25, 0.3) is 0 Å². The fourth-order valence-electron chi connectivity index (χ4n) is 1.44. The number of hydrogen-bond acceptors (Lipinski definition) is 4. The number of aromatic nitrogens is 3. The summed E-state index contributed by atoms with van der Waals surface area (Å²) >= 11 is 6.02. The van der Waals surface area contributed by atoms with Gasteiger partial charge in [0.15, 0.2) is 0 Å². The van der Waals surface area contributed by atoms with Gasteiger partial charge in [-0.15, -0.1) is 0 Å². The fraction of sp³-hybridized carbons (Fsp3) is 0.222. The summed E-state index contributed by atoms with van der Waals surface area (Å²) in [6.45, 7) is -0.0492. The van der Waals surface area contributed by atoms with Crippen molar-refractivity contribution in [1.29, 1.82) is 0 Å². The van der Waals surface area contributed by atoms with Crippen molar-refractivity contribution in [2.45, 2.75) is 5.92 Å². The molecule has 0 saturated carbocycles. The highest BCUT2D eigenvalue weighted by Gasteiger charge is 2.25. The van der Waals surface area contributed by atoms with Gasteiger partial charge in [-0.2, -0.15) is 0 Å². The predicted octanol–water partition coefficient (Wildman–Crippen LogP) is 0.510. The quantitative estimate of drug-likeness (QED) is 0.815. The van der Waals surface area contributed by atoms with Crippen LogP contribution in [-0.2, 0) is 4.79 Å². The molecule has 2 aromatic heterocycles. The topological polar surface area (TPSA) is 93.5 Å². The van der Waals surface area contributed by atoms with Gasteiger partial charge < -0.3 is 10.8 Å². The molecule has 3 N–H and O–H groups in total. The van der Waals surface area contributed by atoms with Crippen LogP contribution in [0.3, 0.4) is 0 Å². The lowest BCUT2D eigenvalue weighted by atomic mass is 10.1. The Hall–Kier alpha value is -1.66. The van der Waals surface area contributed by atoms with Gasteiger partial charge >= 0.3 is 5.97 Å². The van der Waals surface area contributed by atoms with Gasteiger partial charge in [0, 0.05) is 12.7 Å². The number of hydrogen-bond donors (Lipinski definition) is 2. The lowest BCUT2D eigenvalue weighted by Crippen LogP contribution is -2.21. The molecule has 1 unspecified atom stereocenters. The van der Waals surface area contributed by atoms with Crippen molar-refractivity contribution in [1.82, 2.24) is 14.4 Å². The zero-order chi connectivity index (χ0) is 11.7. The molecule has 16 heavy (non-hydrogen) atoms. The third-order valence-corrected chi connectivity index (χ3v) is 2.64. The van der Waals surface area contributed by atoms with Gasteiger partial charge in [-0.05, 0) is 6.07 Å². The van der Waals surface area contributed by atoms with E-state index in [1.165, 1.54) is 10.7 Å². The molecule has 1 atom stereocenters. The van der Waals surface area contributed by atoms with Crippen LogP contribution in [0.15, 0.2) is 18.6 Å². The Balaban J connectivity index is 2.60. The maximum Gasteiger partial charge on any atom is 0.314 e. The summed E-state index contributed by atoms with van der Waals surface area (Å²) in [5, 5.41) is 9.21. The van der Waals surface area contributed by atoms with Gasteiger partial charge in [-0.3, -0.25) is 9.20 Å². The first-order valence-corrected chi connectivity index (χ1v) is 4.93. The van der Waals surface area contributed by atoms with E-state index in [-0.39, 0.29) is 17.4 Å². The first-order chi connectivity index (χ1) is 7.65. The number of carboxylic acids is 1. The lowest BCUT2D eigenvalue weighted by Gasteiger charge is -2.05. The summed E-state index contributed by atoms with van der Waals surface area (Å²) in [5.41, 5.74) is 6.21. The Bertz CT molecular complexity index is 539. The molecule has 0 aliphatic heterocycles. The molecule has 6 nitrogen and oxygen atoms in total. The molecule has 0 amide bonds. The second-order valence-corrected chi connectivity index (χ2v) is 3.58. The van der Waals surface area contributed by atoms with Crippen LogP contribution in [0.1, 0.15) is 11.6 Å². The highest BCUT2D eigenvalue weighted by atomic mass is 35.5.